The van der Waals surface area contributed by atoms with E-state index in [9.17, 15) is 9.59 Å². The summed E-state index contributed by atoms with van der Waals surface area (Å²) in [4.78, 5) is 31.3. The van der Waals surface area contributed by atoms with Crippen molar-refractivity contribution in [3.63, 3.8) is 0 Å². The highest BCUT2D eigenvalue weighted by atomic mass is 35.5. The Bertz CT molecular complexity index is 1500. The van der Waals surface area contributed by atoms with Gasteiger partial charge in [0.2, 0.25) is 0 Å². The van der Waals surface area contributed by atoms with Crippen LogP contribution in [-0.2, 0) is 0 Å². The molecule has 0 spiro atoms. The summed E-state index contributed by atoms with van der Waals surface area (Å²) in [6, 6.07) is 14.1. The standard InChI is InChI=1S/C23H9Cl2NO4S/c24-15-8-12-13(9-16(15)25)21(28)14(20(12)27)6-11-7-19-23(31-11)26-22(30-19)18-5-10-3-1-2-4-17(10)29-18/h1-9H. The number of carbonyl (C=O) groups is 2. The largest absolute Gasteiger partial charge is 0.451 e. The number of nitrogens with zero attached hydrogens (tertiary/aromatic N) is 1. The second-order valence-corrected chi connectivity index (χ2v) is 8.89. The zero-order valence-corrected chi connectivity index (χ0v) is 17.8. The number of rotatable bonds is 2. The van der Waals surface area contributed by atoms with Crippen molar-refractivity contribution >= 4 is 73.6 Å². The summed E-state index contributed by atoms with van der Waals surface area (Å²) in [6.07, 6.45) is 1.55. The van der Waals surface area contributed by atoms with Gasteiger partial charge < -0.3 is 8.83 Å². The van der Waals surface area contributed by atoms with Crippen molar-refractivity contribution in [2.75, 3.05) is 0 Å². The second kappa shape index (κ2) is 6.65. The lowest BCUT2D eigenvalue weighted by Gasteiger charge is -1.98. The number of carbonyl (C=O) groups excluding carboxylic acids is 2. The van der Waals surface area contributed by atoms with Crippen LogP contribution in [0.25, 0.3) is 39.1 Å². The highest BCUT2D eigenvalue weighted by Crippen LogP contribution is 2.37. The van der Waals surface area contributed by atoms with Crippen LogP contribution in [0.2, 0.25) is 10.0 Å². The number of allylic oxidation sites excluding steroid dienone is 1. The first-order valence-corrected chi connectivity index (χ1v) is 10.7. The number of furan rings is 1. The molecule has 5 nitrogen and oxygen atoms in total. The maximum atomic E-state index is 12.7. The van der Waals surface area contributed by atoms with Crippen LogP contribution < -0.4 is 0 Å². The Kier molecular flexibility index (Phi) is 3.99. The zero-order chi connectivity index (χ0) is 21.3. The van der Waals surface area contributed by atoms with Gasteiger partial charge in [0, 0.05) is 27.5 Å². The third kappa shape index (κ3) is 2.87. The van der Waals surface area contributed by atoms with E-state index < -0.39 is 0 Å². The molecule has 0 fully saturated rings. The van der Waals surface area contributed by atoms with E-state index in [0.29, 0.717) is 26.9 Å². The smallest absolute Gasteiger partial charge is 0.264 e. The van der Waals surface area contributed by atoms with Crippen LogP contribution in [0, 0.1) is 0 Å². The number of hydrogen-bond donors (Lipinski definition) is 0. The van der Waals surface area contributed by atoms with Crippen LogP contribution in [-0.4, -0.2) is 16.6 Å². The van der Waals surface area contributed by atoms with Gasteiger partial charge in [-0.3, -0.25) is 9.59 Å². The van der Waals surface area contributed by atoms with Crippen LogP contribution in [0.5, 0.6) is 0 Å². The number of halogens is 2. The van der Waals surface area contributed by atoms with Gasteiger partial charge >= 0.3 is 0 Å². The highest BCUT2D eigenvalue weighted by Gasteiger charge is 2.34. The van der Waals surface area contributed by atoms with Crippen molar-refractivity contribution in [1.29, 1.82) is 0 Å². The highest BCUT2D eigenvalue weighted by molar-refractivity contribution is 7.19. The van der Waals surface area contributed by atoms with E-state index in [-0.39, 0.29) is 38.3 Å². The van der Waals surface area contributed by atoms with E-state index in [1.807, 2.05) is 30.3 Å². The molecular weight excluding hydrogens is 457 g/mol. The van der Waals surface area contributed by atoms with Crippen molar-refractivity contribution in [1.82, 2.24) is 4.98 Å². The second-order valence-electron chi connectivity index (χ2n) is 7.01. The number of benzene rings is 2. The number of fused-ring (bicyclic) bond motifs is 3. The van der Waals surface area contributed by atoms with Gasteiger partial charge in [0.15, 0.2) is 27.7 Å². The molecule has 1 aliphatic carbocycles. The lowest BCUT2D eigenvalue weighted by Crippen LogP contribution is -1.99. The molecule has 6 rings (SSSR count). The third-order valence-corrected chi connectivity index (χ3v) is 6.75. The van der Waals surface area contributed by atoms with E-state index in [1.165, 1.54) is 23.5 Å². The number of oxazole rings is 1. The summed E-state index contributed by atoms with van der Waals surface area (Å²) in [5, 5.41) is 1.43. The molecule has 31 heavy (non-hydrogen) atoms. The number of aromatic nitrogens is 1. The van der Waals surface area contributed by atoms with Gasteiger partial charge in [-0.25, -0.2) is 0 Å². The molecule has 0 saturated heterocycles. The number of hydrogen-bond acceptors (Lipinski definition) is 6. The van der Waals surface area contributed by atoms with E-state index in [1.54, 1.807) is 12.1 Å². The van der Waals surface area contributed by atoms with Gasteiger partial charge in [-0.15, -0.1) is 11.3 Å². The van der Waals surface area contributed by atoms with Crippen molar-refractivity contribution in [2.45, 2.75) is 0 Å². The first-order chi connectivity index (χ1) is 15.0. The Balaban J connectivity index is 1.37. The van der Waals surface area contributed by atoms with Gasteiger partial charge in [0.05, 0.1) is 15.6 Å². The summed E-state index contributed by atoms with van der Waals surface area (Å²) in [7, 11) is 0. The average molecular weight is 466 g/mol. The Morgan fingerprint density at radius 3 is 2.26 bits per heavy atom. The first-order valence-electron chi connectivity index (χ1n) is 9.17. The van der Waals surface area contributed by atoms with Crippen LogP contribution in [0.3, 0.4) is 0 Å². The molecule has 0 radical (unpaired) electrons. The monoisotopic (exact) mass is 465 g/mol. The van der Waals surface area contributed by atoms with Crippen molar-refractivity contribution in [2.24, 2.45) is 0 Å². The van der Waals surface area contributed by atoms with Gasteiger partial charge in [0.1, 0.15) is 5.58 Å². The molecule has 150 valence electrons. The fourth-order valence-electron chi connectivity index (χ4n) is 3.61. The zero-order valence-electron chi connectivity index (χ0n) is 15.4. The summed E-state index contributed by atoms with van der Waals surface area (Å²) < 4.78 is 11.6. The van der Waals surface area contributed by atoms with Crippen LogP contribution in [0.15, 0.2) is 62.9 Å². The summed E-state index contributed by atoms with van der Waals surface area (Å²) >= 11 is 13.3. The van der Waals surface area contributed by atoms with Crippen molar-refractivity contribution in [3.05, 3.63) is 80.2 Å². The van der Waals surface area contributed by atoms with Crippen LogP contribution in [0.4, 0.5) is 0 Å². The molecule has 8 heteroatoms. The predicted octanol–water partition coefficient (Wildman–Crippen LogP) is 7.07. The van der Waals surface area contributed by atoms with Gasteiger partial charge in [-0.2, -0.15) is 4.98 Å². The first kappa shape index (κ1) is 18.6. The minimum atomic E-state index is -0.375. The molecule has 3 aromatic heterocycles. The van der Waals surface area contributed by atoms with Crippen molar-refractivity contribution < 1.29 is 18.4 Å². The molecule has 0 amide bonds. The lowest BCUT2D eigenvalue weighted by molar-refractivity contribution is 0.0990. The number of ketones is 2. The molecule has 1 aliphatic rings. The Morgan fingerprint density at radius 1 is 0.871 bits per heavy atom. The number of para-hydroxylation sites is 1. The van der Waals surface area contributed by atoms with Gasteiger partial charge in [-0.05, 0) is 30.3 Å². The molecule has 0 saturated carbocycles. The quantitative estimate of drug-likeness (QED) is 0.206. The van der Waals surface area contributed by atoms with E-state index in [0.717, 1.165) is 11.0 Å². The van der Waals surface area contributed by atoms with E-state index in [2.05, 4.69) is 4.98 Å². The van der Waals surface area contributed by atoms with Gasteiger partial charge in [-0.1, -0.05) is 41.4 Å². The Hall–Kier alpha value is -3.19. The minimum absolute atomic E-state index is 0.0646. The predicted molar refractivity (Wildman–Crippen MR) is 120 cm³/mol. The maximum absolute atomic E-state index is 12.7. The number of thiophene rings is 1. The molecule has 0 N–H and O–H groups in total. The number of Topliss-reactive ketones (excluding diaryl/α,β-unsaturated/α-hetero) is 2. The Labute approximate surface area is 188 Å². The molecule has 5 aromatic rings. The SMILES string of the molecule is O=C1C(=Cc2cc3oc(-c4cc5ccccc5o4)nc3s2)C(=O)c2cc(Cl)c(Cl)cc21. The molecule has 3 heterocycles. The fourth-order valence-corrected chi connectivity index (χ4v) is 4.83. The third-order valence-electron chi connectivity index (χ3n) is 5.07. The van der Waals surface area contributed by atoms with Crippen LogP contribution in [0.1, 0.15) is 25.6 Å². The van der Waals surface area contributed by atoms with Crippen molar-refractivity contribution in [3.8, 4) is 11.7 Å². The summed E-state index contributed by atoms with van der Waals surface area (Å²) in [5.41, 5.74) is 1.89. The summed E-state index contributed by atoms with van der Waals surface area (Å²) in [6.45, 7) is 0. The molecule has 0 aliphatic heterocycles. The fraction of sp³-hybridized carbons (Fsp3) is 0. The molecular formula is C23H9Cl2NO4S. The molecule has 0 unspecified atom stereocenters. The summed E-state index contributed by atoms with van der Waals surface area (Å²) in [5.74, 6) is 0.162. The molecule has 0 atom stereocenters. The maximum Gasteiger partial charge on any atom is 0.264 e. The van der Waals surface area contributed by atoms with Gasteiger partial charge in [0.25, 0.3) is 5.89 Å². The molecule has 0 bridgehead atoms. The van der Waals surface area contributed by atoms with E-state index >= 15 is 0 Å². The Morgan fingerprint density at radius 2 is 1.58 bits per heavy atom. The van der Waals surface area contributed by atoms with E-state index in [4.69, 9.17) is 32.0 Å². The minimum Gasteiger partial charge on any atom is -0.451 e. The lowest BCUT2D eigenvalue weighted by atomic mass is 10.1. The average Bonchev–Trinajstić information content (AvgIpc) is 3.48. The normalized spacial score (nSPS) is 13.5. The van der Waals surface area contributed by atoms with Crippen LogP contribution >= 0.6 is 34.5 Å². The topological polar surface area (TPSA) is 73.3 Å². The molecule has 2 aromatic carbocycles.